The van der Waals surface area contributed by atoms with E-state index in [2.05, 4.69) is 28.2 Å². The summed E-state index contributed by atoms with van der Waals surface area (Å²) in [5, 5.41) is 24.7. The number of hydrogen-bond donors (Lipinski definition) is 6. The molecule has 0 aliphatic carbocycles. The summed E-state index contributed by atoms with van der Waals surface area (Å²) in [5.41, 5.74) is 3.88. The molecule has 3 rings (SSSR count). The molecule has 3 heterocycles. The van der Waals surface area contributed by atoms with Crippen LogP contribution in [-0.4, -0.2) is 70.2 Å². The van der Waals surface area contributed by atoms with Crippen LogP contribution >= 0.6 is 23.5 Å². The molecule has 0 amide bonds. The number of phosphoric acid groups is 3. The Hall–Kier alpha value is -1.87. The summed E-state index contributed by atoms with van der Waals surface area (Å²) >= 11 is 0. The van der Waals surface area contributed by atoms with Gasteiger partial charge in [0, 0.05) is 7.11 Å². The van der Waals surface area contributed by atoms with E-state index in [-0.39, 0.29) is 17.2 Å². The van der Waals surface area contributed by atoms with Crippen molar-refractivity contribution in [3.63, 3.8) is 0 Å². The lowest BCUT2D eigenvalue weighted by atomic mass is 9.77. The van der Waals surface area contributed by atoms with Crippen LogP contribution in [0.1, 0.15) is 12.6 Å². The van der Waals surface area contributed by atoms with E-state index in [0.29, 0.717) is 0 Å². The molecule has 0 bridgehead atoms. The zero-order valence-corrected chi connectivity index (χ0v) is 20.4. The molecule has 1 saturated heterocycles. The molecule has 1 fully saturated rings. The van der Waals surface area contributed by atoms with Gasteiger partial charge in [-0.3, -0.25) is 4.52 Å². The third kappa shape index (κ3) is 5.17. The van der Waals surface area contributed by atoms with Crippen LogP contribution < -0.4 is 5.73 Å². The van der Waals surface area contributed by atoms with Crippen LogP contribution in [0, 0.1) is 16.7 Å². The number of anilines is 1. The van der Waals surface area contributed by atoms with E-state index >= 15 is 0 Å². The van der Waals surface area contributed by atoms with Crippen LogP contribution in [0.25, 0.3) is 5.65 Å². The normalized spacial score (nSPS) is 30.6. The van der Waals surface area contributed by atoms with E-state index in [1.165, 1.54) is 13.1 Å². The highest BCUT2D eigenvalue weighted by Gasteiger charge is 2.67. The van der Waals surface area contributed by atoms with Crippen molar-refractivity contribution in [3.05, 3.63) is 18.2 Å². The Morgan fingerprint density at radius 2 is 1.89 bits per heavy atom. The molecular formula is C13H19N6O13P3. The Kier molecular flexibility index (Phi) is 7.30. The van der Waals surface area contributed by atoms with Gasteiger partial charge in [-0.1, -0.05) is 0 Å². The molecule has 0 saturated carbocycles. The van der Waals surface area contributed by atoms with Gasteiger partial charge in [-0.25, -0.2) is 28.2 Å². The zero-order valence-electron chi connectivity index (χ0n) is 17.7. The Morgan fingerprint density at radius 3 is 2.46 bits per heavy atom. The highest BCUT2D eigenvalue weighted by Crippen LogP contribution is 2.66. The van der Waals surface area contributed by atoms with Gasteiger partial charge in [0.1, 0.15) is 29.6 Å². The van der Waals surface area contributed by atoms with Crippen LogP contribution in [0.4, 0.5) is 5.82 Å². The standard InChI is InChI=1S/C13H19N6O13P3/c1-12(5-14)9(20)7(4-29-34(24,25)32-35(26,27)31-33(21,22)23)30-13(12,28-2)8-3-16-11-10(15)17-6-18-19(8)11/h3,6-7,9,20H,4H2,1-2H3,(H,24,25)(H,26,27)(H2,15,17,18)(H2,21,22,23). The maximum Gasteiger partial charge on any atom is 0.490 e. The van der Waals surface area contributed by atoms with E-state index < -0.39 is 53.5 Å². The number of nitriles is 1. The predicted molar refractivity (Wildman–Crippen MR) is 108 cm³/mol. The predicted octanol–water partition coefficient (Wildman–Crippen LogP) is -0.861. The molecule has 1 aliphatic heterocycles. The highest BCUT2D eigenvalue weighted by molar-refractivity contribution is 7.66. The number of methoxy groups -OCH3 is 1. The second-order valence-corrected chi connectivity index (χ2v) is 11.6. The van der Waals surface area contributed by atoms with E-state index in [1.807, 2.05) is 6.07 Å². The number of fused-ring (bicyclic) bond motifs is 1. The van der Waals surface area contributed by atoms with Crippen LogP contribution in [0.5, 0.6) is 0 Å². The van der Waals surface area contributed by atoms with E-state index in [9.17, 15) is 33.9 Å². The number of aliphatic hydroxyl groups is 1. The van der Waals surface area contributed by atoms with Crippen molar-refractivity contribution in [2.24, 2.45) is 5.41 Å². The summed E-state index contributed by atoms with van der Waals surface area (Å²) < 4.78 is 58.4. The maximum absolute atomic E-state index is 12.0. The average Bonchev–Trinajstić information content (AvgIpc) is 3.24. The average molecular weight is 560 g/mol. The number of nitrogen functional groups attached to an aromatic ring is 1. The molecule has 6 atom stereocenters. The molecule has 0 aromatic carbocycles. The van der Waals surface area contributed by atoms with E-state index in [1.54, 1.807) is 0 Å². The number of phosphoric ester groups is 1. The van der Waals surface area contributed by atoms with Gasteiger partial charge >= 0.3 is 23.5 Å². The molecule has 2 aromatic rings. The summed E-state index contributed by atoms with van der Waals surface area (Å²) in [4.78, 5) is 43.9. The van der Waals surface area contributed by atoms with Gasteiger partial charge in [0.05, 0.1) is 18.9 Å². The molecular weight excluding hydrogens is 541 g/mol. The van der Waals surface area contributed by atoms with Crippen molar-refractivity contribution in [1.29, 1.82) is 5.26 Å². The Labute approximate surface area is 195 Å². The zero-order chi connectivity index (χ0) is 26.4. The lowest BCUT2D eigenvalue weighted by molar-refractivity contribution is -0.258. The van der Waals surface area contributed by atoms with Crippen LogP contribution in [0.2, 0.25) is 0 Å². The van der Waals surface area contributed by atoms with Gasteiger partial charge in [-0.2, -0.15) is 19.0 Å². The van der Waals surface area contributed by atoms with Gasteiger partial charge in [0.25, 0.3) is 0 Å². The molecule has 2 aromatic heterocycles. The molecule has 6 unspecified atom stereocenters. The Bertz CT molecular complexity index is 1310. The summed E-state index contributed by atoms with van der Waals surface area (Å²) in [6.45, 7) is 0.205. The fourth-order valence-electron chi connectivity index (χ4n) is 3.45. The molecule has 19 nitrogen and oxygen atoms in total. The quantitative estimate of drug-likeness (QED) is 0.203. The molecule has 1 aliphatic rings. The van der Waals surface area contributed by atoms with E-state index in [0.717, 1.165) is 18.0 Å². The smallest absolute Gasteiger partial charge is 0.388 e. The number of ether oxygens (including phenoxy) is 2. The van der Waals surface area contributed by atoms with Gasteiger partial charge in [-0.05, 0) is 6.92 Å². The number of hydrogen-bond acceptors (Lipinski definition) is 14. The number of imidazole rings is 1. The first-order chi connectivity index (χ1) is 16.0. The minimum atomic E-state index is -5.77. The van der Waals surface area contributed by atoms with Crippen molar-refractivity contribution in [3.8, 4) is 6.07 Å². The van der Waals surface area contributed by atoms with Crippen LogP contribution in [0.15, 0.2) is 12.5 Å². The topological polar surface area (TPSA) is 291 Å². The van der Waals surface area contributed by atoms with Gasteiger partial charge in [0.15, 0.2) is 11.5 Å². The summed E-state index contributed by atoms with van der Waals surface area (Å²) in [5.74, 6) is -2.13. The first kappa shape index (κ1) is 27.7. The van der Waals surface area contributed by atoms with Crippen molar-refractivity contribution < 1.29 is 61.0 Å². The van der Waals surface area contributed by atoms with Crippen molar-refractivity contribution in [2.45, 2.75) is 24.9 Å². The first-order valence-corrected chi connectivity index (χ1v) is 13.6. The summed E-state index contributed by atoms with van der Waals surface area (Å²) in [6.07, 6.45) is -1.10. The minimum Gasteiger partial charge on any atom is -0.388 e. The maximum atomic E-state index is 12.0. The summed E-state index contributed by atoms with van der Waals surface area (Å²) in [7, 11) is -15.8. The second kappa shape index (κ2) is 9.21. The van der Waals surface area contributed by atoms with Gasteiger partial charge in [-0.15, -0.1) is 0 Å². The molecule has 7 N–H and O–H groups in total. The third-order valence-corrected chi connectivity index (χ3v) is 8.75. The van der Waals surface area contributed by atoms with E-state index in [4.69, 9.17) is 25.0 Å². The van der Waals surface area contributed by atoms with Crippen LogP contribution in [0.3, 0.4) is 0 Å². The number of aliphatic hydroxyl groups excluding tert-OH is 1. The third-order valence-electron chi connectivity index (χ3n) is 4.95. The van der Waals surface area contributed by atoms with Crippen LogP contribution in [-0.2, 0) is 42.1 Å². The van der Waals surface area contributed by atoms with Crippen molar-refractivity contribution in [2.75, 3.05) is 19.5 Å². The first-order valence-electron chi connectivity index (χ1n) is 9.06. The van der Waals surface area contributed by atoms with Crippen molar-refractivity contribution >= 4 is 34.9 Å². The largest absolute Gasteiger partial charge is 0.490 e. The van der Waals surface area contributed by atoms with Gasteiger partial charge < -0.3 is 39.9 Å². The molecule has 35 heavy (non-hydrogen) atoms. The number of rotatable bonds is 9. The fourth-order valence-corrected chi connectivity index (χ4v) is 6.48. The molecule has 22 heteroatoms. The lowest BCUT2D eigenvalue weighted by Gasteiger charge is -2.36. The number of nitrogens with two attached hydrogens (primary N) is 1. The van der Waals surface area contributed by atoms with Gasteiger partial charge in [0.2, 0.25) is 5.79 Å². The summed E-state index contributed by atoms with van der Waals surface area (Å²) in [6, 6.07) is 1.87. The lowest BCUT2D eigenvalue weighted by Crippen LogP contribution is -2.47. The number of aromatic nitrogens is 4. The Balaban J connectivity index is 1.90. The van der Waals surface area contributed by atoms with Crippen molar-refractivity contribution in [1.82, 2.24) is 19.6 Å². The molecule has 0 spiro atoms. The number of nitrogens with zero attached hydrogens (tertiary/aromatic N) is 5. The SMILES string of the molecule is COC1(c2cnc3c(N)ncnn23)OC(COP(=O)(O)OP(=O)(O)OP(=O)(O)O)C(O)C1(C)C#N. The highest BCUT2D eigenvalue weighted by atomic mass is 31.3. The Morgan fingerprint density at radius 1 is 1.23 bits per heavy atom. The molecule has 194 valence electrons. The minimum absolute atomic E-state index is 0.0203. The second-order valence-electron chi connectivity index (χ2n) is 7.15. The fraction of sp³-hybridized carbons (Fsp3) is 0.538. The monoisotopic (exact) mass is 560 g/mol. The molecule has 0 radical (unpaired) electrons.